The lowest BCUT2D eigenvalue weighted by Gasteiger charge is -2.16. The van der Waals surface area contributed by atoms with Gasteiger partial charge in [0.2, 0.25) is 11.7 Å². The predicted octanol–water partition coefficient (Wildman–Crippen LogP) is 2.84. The number of carbonyl (C=O) groups excluding carboxylic acids is 1. The normalized spacial score (nSPS) is 11.5. The van der Waals surface area contributed by atoms with E-state index in [-0.39, 0.29) is 12.5 Å². The second-order valence-electron chi connectivity index (χ2n) is 5.87. The van der Waals surface area contributed by atoms with E-state index < -0.39 is 6.10 Å². The Kier molecular flexibility index (Phi) is 6.11. The summed E-state index contributed by atoms with van der Waals surface area (Å²) in [5.41, 5.74) is 0.787. The molecule has 0 aliphatic carbocycles. The van der Waals surface area contributed by atoms with Gasteiger partial charge in [0, 0.05) is 5.56 Å². The van der Waals surface area contributed by atoms with Crippen molar-refractivity contribution >= 4 is 5.91 Å². The highest BCUT2D eigenvalue weighted by Gasteiger charge is 2.18. The number of nitrogens with one attached hydrogen (secondary N) is 1. The van der Waals surface area contributed by atoms with Crippen LogP contribution in [0.1, 0.15) is 12.8 Å². The van der Waals surface area contributed by atoms with E-state index in [0.29, 0.717) is 23.2 Å². The summed E-state index contributed by atoms with van der Waals surface area (Å²) in [6, 6.07) is 14.4. The molecule has 1 amide bonds. The summed E-state index contributed by atoms with van der Waals surface area (Å²) in [5.74, 6) is 2.21. The molecule has 0 aliphatic heterocycles. The zero-order valence-electron chi connectivity index (χ0n) is 15.8. The lowest BCUT2D eigenvalue weighted by molar-refractivity contribution is -0.127. The molecule has 146 valence electrons. The highest BCUT2D eigenvalue weighted by molar-refractivity contribution is 5.80. The third-order valence-corrected chi connectivity index (χ3v) is 3.97. The Labute approximate surface area is 162 Å². The lowest BCUT2D eigenvalue weighted by atomic mass is 10.2. The number of para-hydroxylation sites is 2. The number of benzene rings is 2. The number of hydrogen-bond acceptors (Lipinski definition) is 7. The molecule has 8 heteroatoms. The van der Waals surface area contributed by atoms with Crippen molar-refractivity contribution in [3.63, 3.8) is 0 Å². The molecule has 0 radical (unpaired) electrons. The van der Waals surface area contributed by atoms with Crippen LogP contribution >= 0.6 is 0 Å². The zero-order valence-corrected chi connectivity index (χ0v) is 15.8. The molecule has 0 saturated carbocycles. The Hall–Kier alpha value is -3.55. The van der Waals surface area contributed by atoms with Crippen molar-refractivity contribution < 1.29 is 23.5 Å². The van der Waals surface area contributed by atoms with Crippen LogP contribution in [0, 0.1) is 0 Å². The molecule has 0 saturated heterocycles. The highest BCUT2D eigenvalue weighted by atomic mass is 16.5. The van der Waals surface area contributed by atoms with E-state index in [2.05, 4.69) is 15.5 Å². The monoisotopic (exact) mass is 383 g/mol. The van der Waals surface area contributed by atoms with Crippen molar-refractivity contribution in [1.29, 1.82) is 0 Å². The molecule has 1 aromatic heterocycles. The maximum Gasteiger partial charge on any atom is 0.261 e. The third kappa shape index (κ3) is 4.59. The topological polar surface area (TPSA) is 95.7 Å². The van der Waals surface area contributed by atoms with E-state index in [1.165, 1.54) is 0 Å². The average molecular weight is 383 g/mol. The van der Waals surface area contributed by atoms with Crippen molar-refractivity contribution in [2.24, 2.45) is 0 Å². The molecule has 0 aliphatic rings. The second kappa shape index (κ2) is 8.90. The SMILES string of the molecule is COc1ccc(-c2noc(CNC(=O)C(C)Oc3ccccc3OC)n2)cc1. The molecule has 1 unspecified atom stereocenters. The number of amides is 1. The molecule has 0 bridgehead atoms. The number of hydrogen-bond donors (Lipinski definition) is 1. The maximum absolute atomic E-state index is 12.3. The van der Waals surface area contributed by atoms with Crippen molar-refractivity contribution in [3.05, 3.63) is 54.4 Å². The molecule has 3 aromatic rings. The average Bonchev–Trinajstić information content (AvgIpc) is 3.21. The van der Waals surface area contributed by atoms with E-state index >= 15 is 0 Å². The van der Waals surface area contributed by atoms with E-state index in [0.717, 1.165) is 11.3 Å². The smallest absolute Gasteiger partial charge is 0.261 e. The fourth-order valence-corrected chi connectivity index (χ4v) is 2.45. The summed E-state index contributed by atoms with van der Waals surface area (Å²) < 4.78 is 21.2. The minimum Gasteiger partial charge on any atom is -0.497 e. The van der Waals surface area contributed by atoms with Crippen LogP contribution < -0.4 is 19.5 Å². The minimum absolute atomic E-state index is 0.0988. The molecule has 28 heavy (non-hydrogen) atoms. The van der Waals surface area contributed by atoms with Gasteiger partial charge in [0.25, 0.3) is 5.91 Å². The Bertz CT molecular complexity index is 924. The molecule has 0 fully saturated rings. The summed E-state index contributed by atoms with van der Waals surface area (Å²) in [6.07, 6.45) is -0.722. The van der Waals surface area contributed by atoms with Gasteiger partial charge in [0.1, 0.15) is 5.75 Å². The van der Waals surface area contributed by atoms with Gasteiger partial charge in [0.05, 0.1) is 20.8 Å². The molecule has 1 heterocycles. The van der Waals surface area contributed by atoms with E-state index in [1.54, 1.807) is 33.3 Å². The molecule has 3 rings (SSSR count). The minimum atomic E-state index is -0.722. The molecule has 2 aromatic carbocycles. The summed E-state index contributed by atoms with van der Waals surface area (Å²) >= 11 is 0. The largest absolute Gasteiger partial charge is 0.497 e. The quantitative estimate of drug-likeness (QED) is 0.639. The first-order valence-electron chi connectivity index (χ1n) is 8.65. The Morgan fingerprint density at radius 3 is 2.46 bits per heavy atom. The number of nitrogens with zero attached hydrogens (tertiary/aromatic N) is 2. The van der Waals surface area contributed by atoms with Crippen molar-refractivity contribution in [3.8, 4) is 28.6 Å². The molecule has 8 nitrogen and oxygen atoms in total. The van der Waals surface area contributed by atoms with Crippen LogP contribution in [-0.2, 0) is 11.3 Å². The number of rotatable bonds is 8. The fourth-order valence-electron chi connectivity index (χ4n) is 2.45. The van der Waals surface area contributed by atoms with Crippen LogP contribution in [0.15, 0.2) is 53.1 Å². The highest BCUT2D eigenvalue weighted by Crippen LogP contribution is 2.26. The van der Waals surface area contributed by atoms with Crippen LogP contribution in [-0.4, -0.2) is 36.4 Å². The van der Waals surface area contributed by atoms with Crippen molar-refractivity contribution in [2.45, 2.75) is 19.6 Å². The van der Waals surface area contributed by atoms with Gasteiger partial charge in [0.15, 0.2) is 17.6 Å². The van der Waals surface area contributed by atoms with E-state index in [1.807, 2.05) is 36.4 Å². The summed E-state index contributed by atoms with van der Waals surface area (Å²) in [4.78, 5) is 16.6. The Morgan fingerprint density at radius 2 is 1.79 bits per heavy atom. The number of carbonyl (C=O) groups is 1. The Morgan fingerprint density at radius 1 is 1.07 bits per heavy atom. The van der Waals surface area contributed by atoms with Gasteiger partial charge in [-0.15, -0.1) is 0 Å². The first-order chi connectivity index (χ1) is 13.6. The standard InChI is InChI=1S/C20H21N3O5/c1-13(27-17-7-5-4-6-16(17)26-3)20(24)21-12-18-22-19(23-28-18)14-8-10-15(25-2)11-9-14/h4-11,13H,12H2,1-3H3,(H,21,24). The summed E-state index contributed by atoms with van der Waals surface area (Å²) in [6.45, 7) is 1.75. The molecule has 1 atom stereocenters. The van der Waals surface area contributed by atoms with Crippen LogP contribution in [0.3, 0.4) is 0 Å². The van der Waals surface area contributed by atoms with Gasteiger partial charge in [-0.2, -0.15) is 4.98 Å². The second-order valence-corrected chi connectivity index (χ2v) is 5.87. The number of methoxy groups -OCH3 is 2. The predicted molar refractivity (Wildman–Crippen MR) is 101 cm³/mol. The van der Waals surface area contributed by atoms with Crippen LogP contribution in [0.25, 0.3) is 11.4 Å². The van der Waals surface area contributed by atoms with Gasteiger partial charge in [-0.05, 0) is 43.3 Å². The fraction of sp³-hybridized carbons (Fsp3) is 0.250. The van der Waals surface area contributed by atoms with Gasteiger partial charge in [-0.1, -0.05) is 17.3 Å². The zero-order chi connectivity index (χ0) is 19.9. The van der Waals surface area contributed by atoms with Crippen molar-refractivity contribution in [1.82, 2.24) is 15.5 Å². The van der Waals surface area contributed by atoms with Gasteiger partial charge in [-0.3, -0.25) is 4.79 Å². The van der Waals surface area contributed by atoms with E-state index in [9.17, 15) is 4.79 Å². The molecular formula is C20H21N3O5. The summed E-state index contributed by atoms with van der Waals surface area (Å²) in [5, 5.41) is 6.65. The summed E-state index contributed by atoms with van der Waals surface area (Å²) in [7, 11) is 3.14. The van der Waals surface area contributed by atoms with Crippen LogP contribution in [0.2, 0.25) is 0 Å². The molecule has 1 N–H and O–H groups in total. The lowest BCUT2D eigenvalue weighted by Crippen LogP contribution is -2.36. The van der Waals surface area contributed by atoms with E-state index in [4.69, 9.17) is 18.7 Å². The first-order valence-corrected chi connectivity index (χ1v) is 8.65. The molecule has 0 spiro atoms. The van der Waals surface area contributed by atoms with Gasteiger partial charge < -0.3 is 24.1 Å². The van der Waals surface area contributed by atoms with Crippen LogP contribution in [0.5, 0.6) is 17.2 Å². The van der Waals surface area contributed by atoms with Gasteiger partial charge in [-0.25, -0.2) is 0 Å². The molecular weight excluding hydrogens is 362 g/mol. The number of aromatic nitrogens is 2. The van der Waals surface area contributed by atoms with Crippen LogP contribution in [0.4, 0.5) is 0 Å². The third-order valence-electron chi connectivity index (χ3n) is 3.97. The maximum atomic E-state index is 12.3. The van der Waals surface area contributed by atoms with Crippen molar-refractivity contribution in [2.75, 3.05) is 14.2 Å². The number of ether oxygens (including phenoxy) is 3. The first kappa shape index (κ1) is 19.2. The Balaban J connectivity index is 1.56. The van der Waals surface area contributed by atoms with Gasteiger partial charge >= 0.3 is 0 Å².